The molecule has 0 saturated heterocycles. The Morgan fingerprint density at radius 1 is 1.15 bits per heavy atom. The summed E-state index contributed by atoms with van der Waals surface area (Å²) in [7, 11) is 1.52. The number of H-pyrrole nitrogens is 1. The predicted octanol–water partition coefficient (Wildman–Crippen LogP) is 1.24. The molecular formula is C16H11N5O5. The number of rotatable bonds is 3. The van der Waals surface area contributed by atoms with Gasteiger partial charge in [-0.3, -0.25) is 14.9 Å². The molecule has 1 N–H and O–H groups in total. The molecule has 0 saturated carbocycles. The summed E-state index contributed by atoms with van der Waals surface area (Å²) >= 11 is 0. The first-order chi connectivity index (χ1) is 12.5. The molecule has 0 fully saturated rings. The molecule has 2 aromatic heterocycles. The van der Waals surface area contributed by atoms with Gasteiger partial charge in [-0.25, -0.2) is 9.20 Å². The van der Waals surface area contributed by atoms with Gasteiger partial charge in [0, 0.05) is 6.07 Å². The summed E-state index contributed by atoms with van der Waals surface area (Å²) in [5.41, 5.74) is -1.18. The maximum Gasteiger partial charge on any atom is 0.355 e. The number of fused-ring (bicyclic) bond motifs is 3. The number of aromatic nitrogens is 4. The summed E-state index contributed by atoms with van der Waals surface area (Å²) in [6.07, 6.45) is 0. The van der Waals surface area contributed by atoms with Crippen LogP contribution in [0, 0.1) is 10.1 Å². The molecule has 0 atom stereocenters. The Balaban J connectivity index is 2.09. The maximum atomic E-state index is 12.8. The normalized spacial score (nSPS) is 11.1. The number of methoxy groups -OCH3 is 1. The average molecular weight is 352 g/mol. The van der Waals surface area contributed by atoms with Gasteiger partial charge in [-0.15, -0.1) is 5.10 Å². The molecule has 0 bridgehead atoms. The Bertz CT molecular complexity index is 1280. The molecule has 0 aliphatic heterocycles. The van der Waals surface area contributed by atoms with E-state index in [0.717, 1.165) is 9.08 Å². The second kappa shape index (κ2) is 5.55. The van der Waals surface area contributed by atoms with Crippen molar-refractivity contribution in [1.82, 2.24) is 19.2 Å². The van der Waals surface area contributed by atoms with Crippen molar-refractivity contribution in [2.45, 2.75) is 0 Å². The van der Waals surface area contributed by atoms with E-state index in [2.05, 4.69) is 10.1 Å². The monoisotopic (exact) mass is 352 g/mol. The number of nitro benzene ring substituents is 1. The van der Waals surface area contributed by atoms with Gasteiger partial charge >= 0.3 is 5.69 Å². The number of hydrogen-bond acceptors (Lipinski definition) is 6. The third kappa shape index (κ3) is 2.16. The number of benzene rings is 2. The lowest BCUT2D eigenvalue weighted by atomic mass is 10.2. The smallest absolute Gasteiger partial charge is 0.355 e. The molecule has 130 valence electrons. The molecule has 10 heteroatoms. The highest BCUT2D eigenvalue weighted by atomic mass is 16.6. The van der Waals surface area contributed by atoms with Crippen molar-refractivity contribution >= 4 is 22.4 Å². The summed E-state index contributed by atoms with van der Waals surface area (Å²) < 4.78 is 7.19. The van der Waals surface area contributed by atoms with Crippen molar-refractivity contribution in [3.05, 3.63) is 73.4 Å². The Morgan fingerprint density at radius 3 is 2.54 bits per heavy atom. The highest BCUT2D eigenvalue weighted by Crippen LogP contribution is 2.22. The van der Waals surface area contributed by atoms with Crippen LogP contribution in [0.4, 0.5) is 5.69 Å². The van der Waals surface area contributed by atoms with E-state index in [4.69, 9.17) is 4.74 Å². The van der Waals surface area contributed by atoms with Gasteiger partial charge in [0.1, 0.15) is 11.3 Å². The van der Waals surface area contributed by atoms with Crippen LogP contribution in [0.1, 0.15) is 0 Å². The fraction of sp³-hybridized carbons (Fsp3) is 0.0625. The van der Waals surface area contributed by atoms with Crippen LogP contribution in [0.25, 0.3) is 22.4 Å². The van der Waals surface area contributed by atoms with Crippen LogP contribution in [0.2, 0.25) is 0 Å². The van der Waals surface area contributed by atoms with Crippen LogP contribution >= 0.6 is 0 Å². The quantitative estimate of drug-likeness (QED) is 0.437. The van der Waals surface area contributed by atoms with Gasteiger partial charge in [0.2, 0.25) is 5.65 Å². The average Bonchev–Trinajstić information content (AvgIpc) is 3.00. The summed E-state index contributed by atoms with van der Waals surface area (Å²) in [6, 6.07) is 10.7. The van der Waals surface area contributed by atoms with Crippen molar-refractivity contribution in [3.8, 4) is 11.4 Å². The Labute approximate surface area is 144 Å². The number of hydrogen-bond donors (Lipinski definition) is 1. The molecule has 2 aromatic carbocycles. The van der Waals surface area contributed by atoms with Gasteiger partial charge in [-0.1, -0.05) is 6.07 Å². The number of aromatic amines is 1. The first-order valence-corrected chi connectivity index (χ1v) is 7.47. The fourth-order valence-electron chi connectivity index (χ4n) is 2.79. The zero-order valence-corrected chi connectivity index (χ0v) is 13.4. The molecule has 10 nitrogen and oxygen atoms in total. The number of ether oxygens (including phenoxy) is 1. The fourth-order valence-corrected chi connectivity index (χ4v) is 2.79. The zero-order chi connectivity index (χ0) is 18.4. The van der Waals surface area contributed by atoms with Gasteiger partial charge in [0.25, 0.3) is 11.2 Å². The van der Waals surface area contributed by atoms with Crippen LogP contribution in [0.5, 0.6) is 5.75 Å². The van der Waals surface area contributed by atoms with E-state index in [9.17, 15) is 19.7 Å². The van der Waals surface area contributed by atoms with Crippen LogP contribution in [0.3, 0.4) is 0 Å². The molecular weight excluding hydrogens is 341 g/mol. The summed E-state index contributed by atoms with van der Waals surface area (Å²) in [5.74, 6) is 0.601. The molecule has 0 unspecified atom stereocenters. The molecule has 0 aliphatic rings. The lowest BCUT2D eigenvalue weighted by molar-refractivity contribution is -0.383. The second-order valence-electron chi connectivity index (χ2n) is 5.43. The molecule has 0 aliphatic carbocycles. The highest BCUT2D eigenvalue weighted by molar-refractivity contribution is 5.85. The standard InChI is InChI=1S/C16H11N5O5/c1-26-10-7-5-9(6-8-10)20-16(23)19-11-3-2-4-12(21(24)25)13(11)17-15(22)14(19)18-20/h2-8H,1H3,(H,17,22)/i1-1. The first-order valence-electron chi connectivity index (χ1n) is 7.47. The third-order valence-electron chi connectivity index (χ3n) is 4.00. The molecule has 26 heavy (non-hydrogen) atoms. The Hall–Kier alpha value is -3.95. The zero-order valence-electron chi connectivity index (χ0n) is 13.4. The van der Waals surface area contributed by atoms with Crippen molar-refractivity contribution in [3.63, 3.8) is 0 Å². The second-order valence-corrected chi connectivity index (χ2v) is 5.43. The van der Waals surface area contributed by atoms with Crippen LogP contribution < -0.4 is 16.0 Å². The highest BCUT2D eigenvalue weighted by Gasteiger charge is 2.19. The molecule has 0 amide bonds. The van der Waals surface area contributed by atoms with E-state index in [1.165, 1.54) is 25.3 Å². The number of para-hydroxylation sites is 1. The van der Waals surface area contributed by atoms with Gasteiger partial charge in [-0.05, 0) is 30.3 Å². The molecule has 4 aromatic rings. The topological polar surface area (TPSA) is 125 Å². The Kier molecular flexibility index (Phi) is 3.32. The van der Waals surface area contributed by atoms with E-state index < -0.39 is 16.2 Å². The van der Waals surface area contributed by atoms with E-state index in [-0.39, 0.29) is 22.4 Å². The van der Waals surface area contributed by atoms with Crippen molar-refractivity contribution in [2.24, 2.45) is 0 Å². The summed E-state index contributed by atoms with van der Waals surface area (Å²) in [5, 5.41) is 15.3. The minimum atomic E-state index is -0.698. The van der Waals surface area contributed by atoms with E-state index >= 15 is 0 Å². The Morgan fingerprint density at radius 2 is 1.88 bits per heavy atom. The lowest BCUT2D eigenvalue weighted by Crippen LogP contribution is -2.21. The molecule has 0 spiro atoms. The summed E-state index contributed by atoms with van der Waals surface area (Å²) in [4.78, 5) is 38.2. The van der Waals surface area contributed by atoms with Gasteiger partial charge in [0.15, 0.2) is 0 Å². The van der Waals surface area contributed by atoms with Crippen LogP contribution in [-0.2, 0) is 0 Å². The molecule has 4 rings (SSSR count). The number of nitro groups is 1. The third-order valence-corrected chi connectivity index (χ3v) is 4.00. The first kappa shape index (κ1) is 15.6. The van der Waals surface area contributed by atoms with Crippen molar-refractivity contribution in [2.75, 3.05) is 7.11 Å². The van der Waals surface area contributed by atoms with E-state index in [1.807, 2.05) is 0 Å². The van der Waals surface area contributed by atoms with Gasteiger partial charge in [-0.2, -0.15) is 4.68 Å². The minimum absolute atomic E-state index is 0.0358. The van der Waals surface area contributed by atoms with Crippen LogP contribution in [0.15, 0.2) is 52.1 Å². The van der Waals surface area contributed by atoms with E-state index in [0.29, 0.717) is 11.4 Å². The lowest BCUT2D eigenvalue weighted by Gasteiger charge is -2.01. The van der Waals surface area contributed by atoms with Gasteiger partial charge in [0.05, 0.1) is 23.2 Å². The summed E-state index contributed by atoms with van der Waals surface area (Å²) in [6.45, 7) is 0. The largest absolute Gasteiger partial charge is 0.497 e. The minimum Gasteiger partial charge on any atom is -0.497 e. The number of nitrogens with zero attached hydrogens (tertiary/aromatic N) is 4. The van der Waals surface area contributed by atoms with E-state index in [1.54, 1.807) is 24.3 Å². The predicted molar refractivity (Wildman–Crippen MR) is 92.1 cm³/mol. The number of nitrogens with one attached hydrogen (secondary N) is 1. The maximum absolute atomic E-state index is 12.8. The number of non-ortho nitro benzene ring substituents is 1. The van der Waals surface area contributed by atoms with Gasteiger partial charge < -0.3 is 9.72 Å². The van der Waals surface area contributed by atoms with Crippen molar-refractivity contribution < 1.29 is 9.66 Å². The molecule has 2 heterocycles. The molecule has 0 radical (unpaired) electrons. The van der Waals surface area contributed by atoms with Crippen molar-refractivity contribution in [1.29, 1.82) is 0 Å². The SMILES string of the molecule is [11CH3]Oc1ccc(-n2nc3c(=O)[nH]c4c([N+](=O)[O-])cccc4n3c2=O)cc1. The van der Waals surface area contributed by atoms with Crippen LogP contribution in [-0.4, -0.2) is 31.2 Å².